The zero-order chi connectivity index (χ0) is 21.3. The van der Waals surface area contributed by atoms with E-state index in [0.717, 1.165) is 28.8 Å². The summed E-state index contributed by atoms with van der Waals surface area (Å²) in [5.74, 6) is -0.303. The van der Waals surface area contributed by atoms with Gasteiger partial charge in [-0.3, -0.25) is 4.79 Å². The second-order valence-electron chi connectivity index (χ2n) is 6.77. The van der Waals surface area contributed by atoms with Crippen molar-refractivity contribution in [2.24, 2.45) is 0 Å². The monoisotopic (exact) mass is 433 g/mol. The molecule has 4 rings (SSSR count). The van der Waals surface area contributed by atoms with Gasteiger partial charge in [-0.2, -0.15) is 13.2 Å². The Morgan fingerprint density at radius 1 is 1.17 bits per heavy atom. The van der Waals surface area contributed by atoms with E-state index in [1.54, 1.807) is 18.5 Å². The van der Waals surface area contributed by atoms with Gasteiger partial charge in [-0.15, -0.1) is 0 Å². The number of aromatic nitrogens is 2. The third-order valence-corrected chi connectivity index (χ3v) is 4.99. The van der Waals surface area contributed by atoms with Gasteiger partial charge >= 0.3 is 6.18 Å². The first-order chi connectivity index (χ1) is 14.3. The Morgan fingerprint density at radius 2 is 1.90 bits per heavy atom. The fourth-order valence-corrected chi connectivity index (χ4v) is 3.63. The van der Waals surface area contributed by atoms with Crippen LogP contribution in [0.3, 0.4) is 0 Å². The maximum absolute atomic E-state index is 13.1. The minimum absolute atomic E-state index is 0.0415. The molecule has 2 aromatic carbocycles. The van der Waals surface area contributed by atoms with E-state index in [0.29, 0.717) is 17.2 Å². The van der Waals surface area contributed by atoms with Crippen LogP contribution in [0.4, 0.5) is 13.2 Å². The molecule has 1 N–H and O–H groups in total. The first-order valence-corrected chi connectivity index (χ1v) is 9.39. The van der Waals surface area contributed by atoms with Crippen molar-refractivity contribution in [3.63, 3.8) is 0 Å². The number of nitrogens with one attached hydrogen (secondary N) is 1. The summed E-state index contributed by atoms with van der Waals surface area (Å²) in [5, 5.41) is 2.93. The number of carbonyl (C=O) groups excluding carboxylic acids is 1. The Balaban J connectivity index is 1.46. The lowest BCUT2D eigenvalue weighted by Gasteiger charge is -2.15. The van der Waals surface area contributed by atoms with Crippen LogP contribution in [0.1, 0.15) is 21.5 Å². The Hall–Kier alpha value is -3.13. The molecule has 5 nitrogen and oxygen atoms in total. The second kappa shape index (κ2) is 7.95. The number of alkyl halides is 3. The Morgan fingerprint density at radius 3 is 2.63 bits per heavy atom. The molecule has 1 aromatic heterocycles. The first-order valence-electron chi connectivity index (χ1n) is 9.02. The summed E-state index contributed by atoms with van der Waals surface area (Å²) in [4.78, 5) is 20.3. The zero-order valence-electron chi connectivity index (χ0n) is 15.4. The number of hydrogen-bond acceptors (Lipinski definition) is 4. The highest BCUT2D eigenvalue weighted by Crippen LogP contribution is 2.39. The van der Waals surface area contributed by atoms with Crippen LogP contribution in [0.5, 0.6) is 5.75 Å². The number of nitrogens with zero attached hydrogens (tertiary/aromatic N) is 2. The highest BCUT2D eigenvalue weighted by molar-refractivity contribution is 6.32. The number of carbonyl (C=O) groups is 1. The number of fused-ring (bicyclic) bond motifs is 1. The van der Waals surface area contributed by atoms with Gasteiger partial charge < -0.3 is 10.1 Å². The maximum atomic E-state index is 13.1. The third kappa shape index (κ3) is 4.09. The molecule has 3 aromatic rings. The van der Waals surface area contributed by atoms with Crippen molar-refractivity contribution in [3.05, 3.63) is 76.8 Å². The molecular formula is C21H15ClF3N3O2. The molecular weight excluding hydrogens is 419 g/mol. The number of amides is 1. The van der Waals surface area contributed by atoms with E-state index in [4.69, 9.17) is 16.3 Å². The molecule has 1 unspecified atom stereocenters. The molecule has 0 saturated heterocycles. The van der Waals surface area contributed by atoms with Crippen LogP contribution < -0.4 is 10.1 Å². The van der Waals surface area contributed by atoms with Crippen LogP contribution in [0.2, 0.25) is 5.02 Å². The minimum atomic E-state index is -4.61. The van der Waals surface area contributed by atoms with Crippen molar-refractivity contribution >= 4 is 17.5 Å². The van der Waals surface area contributed by atoms with E-state index < -0.39 is 29.3 Å². The van der Waals surface area contributed by atoms with Gasteiger partial charge in [0.25, 0.3) is 5.91 Å². The van der Waals surface area contributed by atoms with Gasteiger partial charge in [0, 0.05) is 29.9 Å². The molecule has 0 aliphatic carbocycles. The number of ether oxygens (including phenoxy) is 1. The third-order valence-electron chi connectivity index (χ3n) is 4.71. The Bertz CT molecular complexity index is 1090. The normalized spacial score (nSPS) is 15.4. The summed E-state index contributed by atoms with van der Waals surface area (Å²) in [7, 11) is 0. The summed E-state index contributed by atoms with van der Waals surface area (Å²) in [6.45, 7) is 0.0415. The van der Waals surface area contributed by atoms with Crippen LogP contribution in [0.25, 0.3) is 11.1 Å². The number of halogens is 4. The molecule has 154 valence electrons. The average molecular weight is 434 g/mol. The largest absolute Gasteiger partial charge is 0.486 e. The van der Waals surface area contributed by atoms with Crippen LogP contribution in [0, 0.1) is 0 Å². The molecule has 1 aliphatic heterocycles. The van der Waals surface area contributed by atoms with E-state index in [9.17, 15) is 18.0 Å². The van der Waals surface area contributed by atoms with Crippen LogP contribution >= 0.6 is 11.6 Å². The standard InChI is InChI=1S/C21H15ClF3N3O2/c22-18-7-12(14-8-26-11-27-9-14)5-13-6-15(30-19(13)18)10-28-20(29)16-3-1-2-4-17(16)21(23,24)25/h1-5,7-9,11,15H,6,10H2,(H,28,29). The van der Waals surface area contributed by atoms with E-state index in [-0.39, 0.29) is 6.54 Å². The van der Waals surface area contributed by atoms with Crippen LogP contribution in [-0.2, 0) is 12.6 Å². The van der Waals surface area contributed by atoms with Gasteiger partial charge in [0.2, 0.25) is 0 Å². The Labute approximate surface area is 174 Å². The van der Waals surface area contributed by atoms with E-state index in [1.165, 1.54) is 18.5 Å². The van der Waals surface area contributed by atoms with Crippen LogP contribution in [0.15, 0.2) is 55.1 Å². The molecule has 0 spiro atoms. The highest BCUT2D eigenvalue weighted by Gasteiger charge is 2.35. The quantitative estimate of drug-likeness (QED) is 0.655. The fourth-order valence-electron chi connectivity index (χ4n) is 3.35. The summed E-state index contributed by atoms with van der Waals surface area (Å²) < 4.78 is 45.2. The average Bonchev–Trinajstić information content (AvgIpc) is 3.16. The summed E-state index contributed by atoms with van der Waals surface area (Å²) in [6.07, 6.45) is 0.156. The SMILES string of the molecule is O=C(NCC1Cc2cc(-c3cncnc3)cc(Cl)c2O1)c1ccccc1C(F)(F)F. The number of hydrogen-bond donors (Lipinski definition) is 1. The minimum Gasteiger partial charge on any atom is -0.486 e. The van der Waals surface area contributed by atoms with Crippen molar-refractivity contribution in [1.29, 1.82) is 0 Å². The molecule has 0 bridgehead atoms. The molecule has 1 amide bonds. The van der Waals surface area contributed by atoms with Crippen molar-refractivity contribution in [3.8, 4) is 16.9 Å². The lowest BCUT2D eigenvalue weighted by molar-refractivity contribution is -0.137. The van der Waals surface area contributed by atoms with Gasteiger partial charge in [-0.05, 0) is 29.8 Å². The summed E-state index contributed by atoms with van der Waals surface area (Å²) in [6, 6.07) is 8.30. The topological polar surface area (TPSA) is 64.1 Å². The second-order valence-corrected chi connectivity index (χ2v) is 7.18. The van der Waals surface area contributed by atoms with Gasteiger partial charge in [0.15, 0.2) is 0 Å². The molecule has 0 radical (unpaired) electrons. The molecule has 9 heteroatoms. The predicted octanol–water partition coefficient (Wildman–Crippen LogP) is 4.55. The first kappa shape index (κ1) is 20.2. The summed E-state index contributed by atoms with van der Waals surface area (Å²) >= 11 is 6.34. The lowest BCUT2D eigenvalue weighted by atomic mass is 10.0. The molecule has 1 aliphatic rings. The van der Waals surface area contributed by atoms with Crippen molar-refractivity contribution in [2.45, 2.75) is 18.7 Å². The molecule has 2 heterocycles. The van der Waals surface area contributed by atoms with Gasteiger partial charge in [-0.25, -0.2) is 9.97 Å². The highest BCUT2D eigenvalue weighted by atomic mass is 35.5. The van der Waals surface area contributed by atoms with Crippen molar-refractivity contribution in [1.82, 2.24) is 15.3 Å². The zero-order valence-corrected chi connectivity index (χ0v) is 16.2. The van der Waals surface area contributed by atoms with Crippen molar-refractivity contribution < 1.29 is 22.7 Å². The smallest absolute Gasteiger partial charge is 0.417 e. The molecule has 0 saturated carbocycles. The molecule has 30 heavy (non-hydrogen) atoms. The number of benzene rings is 2. The fraction of sp³-hybridized carbons (Fsp3) is 0.190. The van der Waals surface area contributed by atoms with Gasteiger partial charge in [0.1, 0.15) is 18.2 Å². The van der Waals surface area contributed by atoms with Crippen LogP contribution in [-0.4, -0.2) is 28.5 Å². The van der Waals surface area contributed by atoms with E-state index in [2.05, 4.69) is 15.3 Å². The van der Waals surface area contributed by atoms with E-state index >= 15 is 0 Å². The van der Waals surface area contributed by atoms with E-state index in [1.807, 2.05) is 6.07 Å². The maximum Gasteiger partial charge on any atom is 0.417 e. The number of rotatable bonds is 4. The molecule has 0 fully saturated rings. The Kier molecular flexibility index (Phi) is 5.34. The van der Waals surface area contributed by atoms with Crippen molar-refractivity contribution in [2.75, 3.05) is 6.54 Å². The van der Waals surface area contributed by atoms with Gasteiger partial charge in [0.05, 0.1) is 22.7 Å². The predicted molar refractivity (Wildman–Crippen MR) is 104 cm³/mol. The summed E-state index contributed by atoms with van der Waals surface area (Å²) in [5.41, 5.74) is 1.06. The lowest BCUT2D eigenvalue weighted by Crippen LogP contribution is -2.35. The van der Waals surface area contributed by atoms with Gasteiger partial charge in [-0.1, -0.05) is 23.7 Å². The molecule has 1 atom stereocenters.